The van der Waals surface area contributed by atoms with Crippen LogP contribution < -0.4 is 5.32 Å². The van der Waals surface area contributed by atoms with Gasteiger partial charge >= 0.3 is 0 Å². The van der Waals surface area contributed by atoms with Crippen LogP contribution in [0.25, 0.3) is 0 Å². The zero-order valence-corrected chi connectivity index (χ0v) is 20.3. The molecule has 0 atom stereocenters. The van der Waals surface area contributed by atoms with Gasteiger partial charge in [0.1, 0.15) is 4.90 Å². The Balaban J connectivity index is 1.77. The van der Waals surface area contributed by atoms with Gasteiger partial charge in [0.25, 0.3) is 5.91 Å². The van der Waals surface area contributed by atoms with Gasteiger partial charge in [0.15, 0.2) is 0 Å². The number of anilines is 1. The first kappa shape index (κ1) is 23.9. The van der Waals surface area contributed by atoms with Crippen LogP contribution in [0.3, 0.4) is 0 Å². The summed E-state index contributed by atoms with van der Waals surface area (Å²) in [6.45, 7) is 11.6. The van der Waals surface area contributed by atoms with Crippen LogP contribution in [0, 0.1) is 20.8 Å². The van der Waals surface area contributed by atoms with Crippen LogP contribution in [0.2, 0.25) is 0 Å². The fourth-order valence-electron chi connectivity index (χ4n) is 4.15. The van der Waals surface area contributed by atoms with Crippen LogP contribution in [-0.2, 0) is 14.8 Å². The zero-order chi connectivity index (χ0) is 23.8. The van der Waals surface area contributed by atoms with Crippen molar-refractivity contribution in [2.75, 3.05) is 31.5 Å². The van der Waals surface area contributed by atoms with Crippen molar-refractivity contribution in [1.29, 1.82) is 0 Å². The fourth-order valence-corrected chi connectivity index (χ4v) is 5.93. The van der Waals surface area contributed by atoms with Crippen LogP contribution in [0.1, 0.15) is 54.1 Å². The number of nitrogens with zero attached hydrogens (tertiary/aromatic N) is 4. The maximum Gasteiger partial charge on any atom is 0.254 e. The Bertz CT molecular complexity index is 1150. The van der Waals surface area contributed by atoms with E-state index in [2.05, 4.69) is 10.4 Å². The number of piperazine rings is 1. The average Bonchev–Trinajstić information content (AvgIpc) is 3.04. The lowest BCUT2D eigenvalue weighted by Gasteiger charge is -2.34. The fraction of sp³-hybridized carbons (Fsp3) is 0.500. The van der Waals surface area contributed by atoms with E-state index in [1.54, 1.807) is 48.6 Å². The molecule has 0 saturated carbocycles. The Kier molecular flexibility index (Phi) is 6.75. The molecule has 2 heterocycles. The summed E-state index contributed by atoms with van der Waals surface area (Å²) in [6, 6.07) is 5.26. The molecular formula is C22H31N5O4S. The standard InChI is InChI=1S/C22H31N5O4S/c1-14(2)27-17(5)21(16(4)24-27)32(30,31)26-12-10-25(11-13-26)22(29)19-8-7-9-20(15(19)3)23-18(6)28/h7-9,14H,10-13H2,1-6H3,(H,23,28). The third kappa shape index (κ3) is 4.42. The third-order valence-corrected chi connectivity index (χ3v) is 7.90. The minimum atomic E-state index is -3.71. The Hall–Kier alpha value is -2.72. The average molecular weight is 462 g/mol. The summed E-state index contributed by atoms with van der Waals surface area (Å²) in [7, 11) is -3.71. The van der Waals surface area contributed by atoms with E-state index in [-0.39, 0.29) is 48.9 Å². The summed E-state index contributed by atoms with van der Waals surface area (Å²) in [5, 5.41) is 7.14. The van der Waals surface area contributed by atoms with Crippen molar-refractivity contribution in [3.63, 3.8) is 0 Å². The Morgan fingerprint density at radius 2 is 1.69 bits per heavy atom. The monoisotopic (exact) mass is 461 g/mol. The Labute approximate surface area is 189 Å². The number of aromatic nitrogens is 2. The van der Waals surface area contributed by atoms with Gasteiger partial charge in [-0.25, -0.2) is 8.42 Å². The van der Waals surface area contributed by atoms with Crippen molar-refractivity contribution >= 4 is 27.5 Å². The van der Waals surface area contributed by atoms with Crippen LogP contribution in [0.15, 0.2) is 23.1 Å². The number of benzene rings is 1. The van der Waals surface area contributed by atoms with Gasteiger partial charge in [-0.2, -0.15) is 9.40 Å². The van der Waals surface area contributed by atoms with E-state index < -0.39 is 10.0 Å². The number of carbonyl (C=O) groups is 2. The van der Waals surface area contributed by atoms with Crippen LogP contribution in [-0.4, -0.2) is 65.4 Å². The molecule has 1 aromatic carbocycles. The van der Waals surface area contributed by atoms with E-state index in [1.807, 2.05) is 13.8 Å². The maximum absolute atomic E-state index is 13.3. The second kappa shape index (κ2) is 9.03. The van der Waals surface area contributed by atoms with E-state index in [1.165, 1.54) is 11.2 Å². The molecular weight excluding hydrogens is 430 g/mol. The molecule has 1 aromatic heterocycles. The van der Waals surface area contributed by atoms with Crippen molar-refractivity contribution < 1.29 is 18.0 Å². The molecule has 1 aliphatic heterocycles. The Morgan fingerprint density at radius 1 is 1.06 bits per heavy atom. The summed E-state index contributed by atoms with van der Waals surface area (Å²) >= 11 is 0. The Morgan fingerprint density at radius 3 is 2.22 bits per heavy atom. The normalized spacial score (nSPS) is 15.3. The quantitative estimate of drug-likeness (QED) is 0.737. The lowest BCUT2D eigenvalue weighted by atomic mass is 10.0. The number of hydrogen-bond acceptors (Lipinski definition) is 5. The van der Waals surface area contributed by atoms with Gasteiger partial charge in [-0.05, 0) is 52.3 Å². The number of rotatable bonds is 5. The van der Waals surface area contributed by atoms with Gasteiger partial charge in [-0.1, -0.05) is 6.07 Å². The van der Waals surface area contributed by atoms with E-state index in [9.17, 15) is 18.0 Å². The van der Waals surface area contributed by atoms with E-state index in [0.29, 0.717) is 28.2 Å². The van der Waals surface area contributed by atoms with Crippen molar-refractivity contribution in [2.24, 2.45) is 0 Å². The van der Waals surface area contributed by atoms with Gasteiger partial charge in [-0.15, -0.1) is 0 Å². The van der Waals surface area contributed by atoms with Gasteiger partial charge in [0, 0.05) is 50.4 Å². The predicted octanol–water partition coefficient (Wildman–Crippen LogP) is 2.49. The molecule has 3 rings (SSSR count). The summed E-state index contributed by atoms with van der Waals surface area (Å²) in [5.41, 5.74) is 2.90. The lowest BCUT2D eigenvalue weighted by Crippen LogP contribution is -2.50. The number of carbonyl (C=O) groups excluding carboxylic acids is 2. The van der Waals surface area contributed by atoms with Gasteiger partial charge in [0.2, 0.25) is 15.9 Å². The first-order valence-electron chi connectivity index (χ1n) is 10.7. The maximum atomic E-state index is 13.3. The number of aryl methyl sites for hydroxylation is 1. The van der Waals surface area contributed by atoms with Crippen LogP contribution in [0.5, 0.6) is 0 Å². The van der Waals surface area contributed by atoms with Crippen LogP contribution >= 0.6 is 0 Å². The minimum absolute atomic E-state index is 0.0589. The molecule has 2 amide bonds. The highest BCUT2D eigenvalue weighted by atomic mass is 32.2. The van der Waals surface area contributed by atoms with E-state index in [0.717, 1.165) is 0 Å². The first-order chi connectivity index (χ1) is 14.9. The highest BCUT2D eigenvalue weighted by Crippen LogP contribution is 2.27. The smallest absolute Gasteiger partial charge is 0.254 e. The highest BCUT2D eigenvalue weighted by molar-refractivity contribution is 7.89. The second-order valence-corrected chi connectivity index (χ2v) is 10.3. The van der Waals surface area contributed by atoms with E-state index >= 15 is 0 Å². The summed E-state index contributed by atoms with van der Waals surface area (Å²) < 4.78 is 29.8. The SMILES string of the molecule is CC(=O)Nc1cccc(C(=O)N2CCN(S(=O)(=O)c3c(C)nn(C(C)C)c3C)CC2)c1C. The number of nitrogens with one attached hydrogen (secondary N) is 1. The largest absolute Gasteiger partial charge is 0.336 e. The molecule has 10 heteroatoms. The van der Waals surface area contributed by atoms with Crippen molar-refractivity contribution in [3.05, 3.63) is 40.7 Å². The van der Waals surface area contributed by atoms with Gasteiger partial charge in [0.05, 0.1) is 11.4 Å². The molecule has 32 heavy (non-hydrogen) atoms. The van der Waals surface area contributed by atoms with Crippen molar-refractivity contribution in [2.45, 2.75) is 52.5 Å². The molecule has 1 fully saturated rings. The molecule has 0 aliphatic carbocycles. The van der Waals surface area contributed by atoms with Gasteiger partial charge in [-0.3, -0.25) is 14.3 Å². The minimum Gasteiger partial charge on any atom is -0.336 e. The molecule has 0 radical (unpaired) electrons. The first-order valence-corrected chi connectivity index (χ1v) is 12.1. The molecule has 0 bridgehead atoms. The molecule has 2 aromatic rings. The number of amides is 2. The lowest BCUT2D eigenvalue weighted by molar-refractivity contribution is -0.114. The van der Waals surface area contributed by atoms with Crippen molar-refractivity contribution in [3.8, 4) is 0 Å². The molecule has 0 spiro atoms. The second-order valence-electron chi connectivity index (χ2n) is 8.39. The topological polar surface area (TPSA) is 105 Å². The zero-order valence-electron chi connectivity index (χ0n) is 19.5. The highest BCUT2D eigenvalue weighted by Gasteiger charge is 2.34. The molecule has 9 nitrogen and oxygen atoms in total. The molecule has 1 saturated heterocycles. The number of hydrogen-bond donors (Lipinski definition) is 1. The molecule has 0 unspecified atom stereocenters. The van der Waals surface area contributed by atoms with Gasteiger partial charge < -0.3 is 10.2 Å². The number of sulfonamides is 1. The van der Waals surface area contributed by atoms with Crippen molar-refractivity contribution in [1.82, 2.24) is 19.0 Å². The summed E-state index contributed by atoms with van der Waals surface area (Å²) in [6.07, 6.45) is 0. The molecule has 1 N–H and O–H groups in total. The molecule has 1 aliphatic rings. The van der Waals surface area contributed by atoms with E-state index in [4.69, 9.17) is 0 Å². The summed E-state index contributed by atoms with van der Waals surface area (Å²) in [4.78, 5) is 26.4. The molecule has 174 valence electrons. The third-order valence-electron chi connectivity index (χ3n) is 5.75. The summed E-state index contributed by atoms with van der Waals surface area (Å²) in [5.74, 6) is -0.380. The van der Waals surface area contributed by atoms with Crippen LogP contribution in [0.4, 0.5) is 5.69 Å². The predicted molar refractivity (Wildman–Crippen MR) is 122 cm³/mol.